The van der Waals surface area contributed by atoms with Crippen LogP contribution in [0.2, 0.25) is 0 Å². The van der Waals surface area contributed by atoms with Crippen molar-refractivity contribution in [2.24, 2.45) is 5.92 Å². The molecule has 0 unspecified atom stereocenters. The molecule has 0 radical (unpaired) electrons. The Balaban J connectivity index is 2.29. The van der Waals surface area contributed by atoms with Crippen molar-refractivity contribution in [3.63, 3.8) is 0 Å². The third-order valence-electron chi connectivity index (χ3n) is 2.40. The number of carbonyl (C=O) groups excluding carboxylic acids is 1. The van der Waals surface area contributed by atoms with Crippen molar-refractivity contribution < 1.29 is 14.3 Å². The molecule has 3 heteroatoms. The van der Waals surface area contributed by atoms with Gasteiger partial charge in [0.25, 0.3) is 0 Å². The van der Waals surface area contributed by atoms with E-state index in [0.29, 0.717) is 6.61 Å². The maximum Gasteiger partial charge on any atom is 0.126 e. The number of methoxy groups -OCH3 is 1. The number of hydrogen-bond acceptors (Lipinski definition) is 3. The van der Waals surface area contributed by atoms with Crippen molar-refractivity contribution in [3.05, 3.63) is 23.8 Å². The Labute approximate surface area is 82.6 Å². The minimum absolute atomic E-state index is 0.0189. The Hall–Kier alpha value is -1.51. The van der Waals surface area contributed by atoms with Crippen molar-refractivity contribution in [1.29, 1.82) is 0 Å². The van der Waals surface area contributed by atoms with Gasteiger partial charge in [-0.05, 0) is 30.2 Å². The SMILES string of the molecule is COc1ccc2c(c1)C[C@H](C=O)CO2. The van der Waals surface area contributed by atoms with Crippen LogP contribution in [0.1, 0.15) is 5.56 Å². The smallest absolute Gasteiger partial charge is 0.126 e. The minimum Gasteiger partial charge on any atom is -0.497 e. The Morgan fingerprint density at radius 1 is 1.57 bits per heavy atom. The molecule has 2 rings (SSSR count). The molecule has 0 spiro atoms. The van der Waals surface area contributed by atoms with Crippen molar-refractivity contribution in [1.82, 2.24) is 0 Å². The zero-order valence-electron chi connectivity index (χ0n) is 8.03. The van der Waals surface area contributed by atoms with Gasteiger partial charge in [0.15, 0.2) is 0 Å². The molecule has 0 saturated carbocycles. The van der Waals surface area contributed by atoms with Gasteiger partial charge in [0, 0.05) is 0 Å². The molecular formula is C11H12O3. The highest BCUT2D eigenvalue weighted by molar-refractivity contribution is 5.57. The lowest BCUT2D eigenvalue weighted by atomic mass is 9.98. The summed E-state index contributed by atoms with van der Waals surface area (Å²) in [7, 11) is 1.63. The summed E-state index contributed by atoms with van der Waals surface area (Å²) in [6, 6.07) is 5.67. The van der Waals surface area contributed by atoms with E-state index in [-0.39, 0.29) is 5.92 Å². The molecule has 0 aromatic heterocycles. The molecule has 0 fully saturated rings. The molecule has 0 N–H and O–H groups in total. The highest BCUT2D eigenvalue weighted by Gasteiger charge is 2.19. The zero-order chi connectivity index (χ0) is 9.97. The number of hydrogen-bond donors (Lipinski definition) is 0. The van der Waals surface area contributed by atoms with Gasteiger partial charge in [-0.1, -0.05) is 0 Å². The van der Waals surface area contributed by atoms with Crippen LogP contribution in [-0.4, -0.2) is 20.0 Å². The molecule has 1 aliphatic heterocycles. The second kappa shape index (κ2) is 3.70. The number of aldehydes is 1. The first-order valence-corrected chi connectivity index (χ1v) is 4.58. The maximum atomic E-state index is 10.6. The third kappa shape index (κ3) is 1.58. The summed E-state index contributed by atoms with van der Waals surface area (Å²) in [6.07, 6.45) is 1.69. The van der Waals surface area contributed by atoms with Gasteiger partial charge in [-0.3, -0.25) is 0 Å². The average molecular weight is 192 g/mol. The number of benzene rings is 1. The van der Waals surface area contributed by atoms with Gasteiger partial charge in [0.05, 0.1) is 19.6 Å². The zero-order valence-corrected chi connectivity index (χ0v) is 8.03. The molecule has 14 heavy (non-hydrogen) atoms. The predicted molar refractivity (Wildman–Crippen MR) is 51.7 cm³/mol. The van der Waals surface area contributed by atoms with E-state index in [9.17, 15) is 4.79 Å². The van der Waals surface area contributed by atoms with Crippen LogP contribution < -0.4 is 9.47 Å². The van der Waals surface area contributed by atoms with Crippen molar-refractivity contribution in [3.8, 4) is 11.5 Å². The van der Waals surface area contributed by atoms with Crippen molar-refractivity contribution in [2.45, 2.75) is 6.42 Å². The summed E-state index contributed by atoms with van der Waals surface area (Å²) < 4.78 is 10.5. The van der Waals surface area contributed by atoms with Crippen LogP contribution in [0.15, 0.2) is 18.2 Å². The Morgan fingerprint density at radius 3 is 3.14 bits per heavy atom. The summed E-state index contributed by atoms with van der Waals surface area (Å²) in [5, 5.41) is 0. The minimum atomic E-state index is -0.0189. The lowest BCUT2D eigenvalue weighted by molar-refractivity contribution is -0.112. The highest BCUT2D eigenvalue weighted by Crippen LogP contribution is 2.29. The molecule has 1 aromatic carbocycles. The predicted octanol–water partition coefficient (Wildman–Crippen LogP) is 1.45. The number of carbonyl (C=O) groups is 1. The second-order valence-electron chi connectivity index (χ2n) is 3.38. The van der Waals surface area contributed by atoms with E-state index in [4.69, 9.17) is 9.47 Å². The second-order valence-corrected chi connectivity index (χ2v) is 3.38. The molecule has 1 aliphatic rings. The maximum absolute atomic E-state index is 10.6. The number of fused-ring (bicyclic) bond motifs is 1. The summed E-state index contributed by atoms with van der Waals surface area (Å²) in [5.41, 5.74) is 1.05. The van der Waals surface area contributed by atoms with E-state index >= 15 is 0 Å². The lowest BCUT2D eigenvalue weighted by Crippen LogP contribution is -2.21. The van der Waals surface area contributed by atoms with Gasteiger partial charge < -0.3 is 14.3 Å². The van der Waals surface area contributed by atoms with Crippen LogP contribution in [0.25, 0.3) is 0 Å². The van der Waals surface area contributed by atoms with Crippen LogP contribution in [0.5, 0.6) is 11.5 Å². The van der Waals surface area contributed by atoms with E-state index in [2.05, 4.69) is 0 Å². The molecule has 3 nitrogen and oxygen atoms in total. The molecule has 0 saturated heterocycles. The molecule has 0 aliphatic carbocycles. The van der Waals surface area contributed by atoms with Crippen LogP contribution in [0.4, 0.5) is 0 Å². The highest BCUT2D eigenvalue weighted by atomic mass is 16.5. The summed E-state index contributed by atoms with van der Waals surface area (Å²) >= 11 is 0. The fourth-order valence-corrected chi connectivity index (χ4v) is 1.61. The number of ether oxygens (including phenoxy) is 2. The fourth-order valence-electron chi connectivity index (χ4n) is 1.61. The summed E-state index contributed by atoms with van der Waals surface area (Å²) in [5.74, 6) is 1.65. The van der Waals surface area contributed by atoms with Gasteiger partial charge in [0.2, 0.25) is 0 Å². The molecular weight excluding hydrogens is 180 g/mol. The molecule has 0 amide bonds. The fraction of sp³-hybridized carbons (Fsp3) is 0.364. The Bertz CT molecular complexity index is 346. The van der Waals surface area contributed by atoms with Gasteiger partial charge in [-0.15, -0.1) is 0 Å². The first-order valence-electron chi connectivity index (χ1n) is 4.58. The van der Waals surface area contributed by atoms with E-state index in [1.807, 2.05) is 18.2 Å². The van der Waals surface area contributed by atoms with Crippen molar-refractivity contribution >= 4 is 6.29 Å². The number of rotatable bonds is 2. The quantitative estimate of drug-likeness (QED) is 0.665. The van der Waals surface area contributed by atoms with E-state index < -0.39 is 0 Å². The normalized spacial score (nSPS) is 19.4. The van der Waals surface area contributed by atoms with Crippen LogP contribution >= 0.6 is 0 Å². The van der Waals surface area contributed by atoms with Gasteiger partial charge in [-0.25, -0.2) is 0 Å². The van der Waals surface area contributed by atoms with Gasteiger partial charge in [-0.2, -0.15) is 0 Å². The van der Waals surface area contributed by atoms with E-state index in [0.717, 1.165) is 29.8 Å². The topological polar surface area (TPSA) is 35.5 Å². The molecule has 1 atom stereocenters. The lowest BCUT2D eigenvalue weighted by Gasteiger charge is -2.21. The molecule has 74 valence electrons. The molecule has 0 bridgehead atoms. The Kier molecular flexibility index (Phi) is 2.39. The first kappa shape index (κ1) is 9.06. The third-order valence-corrected chi connectivity index (χ3v) is 2.40. The monoisotopic (exact) mass is 192 g/mol. The van der Waals surface area contributed by atoms with Crippen LogP contribution in [0.3, 0.4) is 0 Å². The summed E-state index contributed by atoms with van der Waals surface area (Å²) in [6.45, 7) is 0.489. The van der Waals surface area contributed by atoms with E-state index in [1.54, 1.807) is 7.11 Å². The van der Waals surface area contributed by atoms with Crippen molar-refractivity contribution in [2.75, 3.05) is 13.7 Å². The molecule has 1 aromatic rings. The van der Waals surface area contributed by atoms with E-state index in [1.165, 1.54) is 0 Å². The van der Waals surface area contributed by atoms with Crippen LogP contribution in [-0.2, 0) is 11.2 Å². The summed E-state index contributed by atoms with van der Waals surface area (Å²) in [4.78, 5) is 10.6. The molecule has 1 heterocycles. The standard InChI is InChI=1S/C11H12O3/c1-13-10-2-3-11-9(5-10)4-8(6-12)7-14-11/h2-3,5-6,8H,4,7H2,1H3/t8-/m1/s1. The van der Waals surface area contributed by atoms with Crippen LogP contribution in [0, 0.1) is 5.92 Å². The average Bonchev–Trinajstić information content (AvgIpc) is 2.27. The van der Waals surface area contributed by atoms with Gasteiger partial charge >= 0.3 is 0 Å². The van der Waals surface area contributed by atoms with Gasteiger partial charge in [0.1, 0.15) is 17.8 Å². The largest absolute Gasteiger partial charge is 0.497 e. The Morgan fingerprint density at radius 2 is 2.43 bits per heavy atom. The first-order chi connectivity index (χ1) is 6.83.